The second kappa shape index (κ2) is 10.8. The molecule has 38 heavy (non-hydrogen) atoms. The topological polar surface area (TPSA) is 93.7 Å². The highest BCUT2D eigenvalue weighted by atomic mass is 35.5. The number of ether oxygens (including phenoxy) is 2. The van der Waals surface area contributed by atoms with Crippen molar-refractivity contribution in [2.24, 2.45) is 0 Å². The summed E-state index contributed by atoms with van der Waals surface area (Å²) < 4.78 is 49.9. The fourth-order valence-corrected chi connectivity index (χ4v) is 4.62. The summed E-state index contributed by atoms with van der Waals surface area (Å²) >= 11 is 6.87. The summed E-state index contributed by atoms with van der Waals surface area (Å²) in [5, 5.41) is 10.5. The normalized spacial score (nSPS) is 13.6. The molecule has 1 aromatic heterocycles. The summed E-state index contributed by atoms with van der Waals surface area (Å²) in [4.78, 5) is 26.8. The van der Waals surface area contributed by atoms with Crippen LogP contribution in [0.3, 0.4) is 0 Å². The highest BCUT2D eigenvalue weighted by molar-refractivity contribution is 7.15. The van der Waals surface area contributed by atoms with Crippen molar-refractivity contribution < 1.29 is 32.2 Å². The van der Waals surface area contributed by atoms with E-state index >= 15 is 0 Å². The number of nitrogens with one attached hydrogen (secondary N) is 1. The molecule has 2 amide bonds. The van der Waals surface area contributed by atoms with Gasteiger partial charge in [0.1, 0.15) is 18.0 Å². The first-order valence-electron chi connectivity index (χ1n) is 11.5. The highest BCUT2D eigenvalue weighted by Gasteiger charge is 2.34. The molecule has 2 aromatic carbocycles. The molecule has 0 unspecified atom stereocenters. The quantitative estimate of drug-likeness (QED) is 0.386. The monoisotopic (exact) mass is 568 g/mol. The molecule has 0 bridgehead atoms. The second-order valence-electron chi connectivity index (χ2n) is 9.49. The van der Waals surface area contributed by atoms with Crippen LogP contribution in [0.5, 0.6) is 5.75 Å². The number of fused-ring (bicyclic) bond motifs is 1. The number of carbonyl (C=O) groups is 2. The summed E-state index contributed by atoms with van der Waals surface area (Å²) in [6.45, 7) is 6.13. The molecule has 1 aliphatic rings. The van der Waals surface area contributed by atoms with E-state index in [-0.39, 0.29) is 23.6 Å². The van der Waals surface area contributed by atoms with E-state index in [1.807, 2.05) is 20.8 Å². The Morgan fingerprint density at radius 3 is 2.61 bits per heavy atom. The van der Waals surface area contributed by atoms with Gasteiger partial charge in [-0.05, 0) is 62.6 Å². The van der Waals surface area contributed by atoms with Crippen molar-refractivity contribution in [3.8, 4) is 5.75 Å². The Bertz CT molecular complexity index is 1360. The van der Waals surface area contributed by atoms with Crippen LogP contribution in [0.2, 0.25) is 5.02 Å². The van der Waals surface area contributed by atoms with Gasteiger partial charge in [-0.3, -0.25) is 10.1 Å². The minimum absolute atomic E-state index is 0.137. The lowest BCUT2D eigenvalue weighted by atomic mass is 9.97. The second-order valence-corrected chi connectivity index (χ2v) is 10.9. The Balaban J connectivity index is 1.36. The maximum atomic E-state index is 13.0. The zero-order chi connectivity index (χ0) is 27.7. The standard InChI is InChI=1S/C25H24ClF3N4O4S/c1-24(2,3)37-23(35)33-10-9-14-11-15(7-8-16(14)12-33)21(34)30-22-32-31-19(38-22)13-36-18-6-4-5-17(20(18)26)25(27,28)29/h4-8,11H,9-10,12-13H2,1-3H3,(H,30,32,34). The number of rotatable bonds is 5. The summed E-state index contributed by atoms with van der Waals surface area (Å²) in [5.74, 6) is -0.534. The van der Waals surface area contributed by atoms with Crippen molar-refractivity contribution in [2.45, 2.75) is 52.1 Å². The molecule has 0 aliphatic carbocycles. The van der Waals surface area contributed by atoms with E-state index in [1.54, 1.807) is 23.1 Å². The summed E-state index contributed by atoms with van der Waals surface area (Å²) in [5.41, 5.74) is 0.730. The molecule has 0 saturated heterocycles. The Morgan fingerprint density at radius 2 is 1.89 bits per heavy atom. The summed E-state index contributed by atoms with van der Waals surface area (Å²) in [6.07, 6.45) is -4.41. The zero-order valence-corrected chi connectivity index (χ0v) is 22.3. The van der Waals surface area contributed by atoms with Crippen molar-refractivity contribution in [1.82, 2.24) is 15.1 Å². The van der Waals surface area contributed by atoms with Crippen LogP contribution in [0.1, 0.15) is 52.8 Å². The first-order valence-corrected chi connectivity index (χ1v) is 12.7. The molecular formula is C25H24ClF3N4O4S. The van der Waals surface area contributed by atoms with Crippen LogP contribution < -0.4 is 10.1 Å². The molecule has 2 heterocycles. The van der Waals surface area contributed by atoms with E-state index < -0.39 is 28.3 Å². The number of anilines is 1. The maximum absolute atomic E-state index is 13.0. The van der Waals surface area contributed by atoms with Gasteiger partial charge in [0.15, 0.2) is 5.01 Å². The fourth-order valence-electron chi connectivity index (χ4n) is 3.69. The van der Waals surface area contributed by atoms with Crippen LogP contribution in [0, 0.1) is 0 Å². The molecule has 1 N–H and O–H groups in total. The van der Waals surface area contributed by atoms with Crippen LogP contribution >= 0.6 is 22.9 Å². The van der Waals surface area contributed by atoms with Gasteiger partial charge in [-0.25, -0.2) is 4.79 Å². The van der Waals surface area contributed by atoms with Crippen molar-refractivity contribution in [3.05, 3.63) is 68.7 Å². The van der Waals surface area contributed by atoms with Crippen LogP contribution in [-0.2, 0) is 30.5 Å². The smallest absolute Gasteiger partial charge is 0.417 e. The summed E-state index contributed by atoms with van der Waals surface area (Å²) in [7, 11) is 0. The number of halogens is 4. The van der Waals surface area contributed by atoms with Crippen molar-refractivity contribution in [2.75, 3.05) is 11.9 Å². The molecule has 202 valence electrons. The summed E-state index contributed by atoms with van der Waals surface area (Å²) in [6, 6.07) is 8.63. The minimum Gasteiger partial charge on any atom is -0.485 e. The molecule has 0 radical (unpaired) electrons. The molecule has 0 spiro atoms. The predicted molar refractivity (Wildman–Crippen MR) is 135 cm³/mol. The number of alkyl halides is 3. The lowest BCUT2D eigenvalue weighted by Gasteiger charge is -2.31. The molecule has 8 nitrogen and oxygen atoms in total. The van der Waals surface area contributed by atoms with Gasteiger partial charge < -0.3 is 14.4 Å². The SMILES string of the molecule is CC(C)(C)OC(=O)N1CCc2cc(C(=O)Nc3nnc(COc4cccc(C(F)(F)F)c4Cl)s3)ccc2C1. The number of hydrogen-bond donors (Lipinski definition) is 1. The third-order valence-corrected chi connectivity index (χ3v) is 6.64. The van der Waals surface area contributed by atoms with Gasteiger partial charge >= 0.3 is 12.3 Å². The lowest BCUT2D eigenvalue weighted by Crippen LogP contribution is -2.39. The van der Waals surface area contributed by atoms with Gasteiger partial charge in [0, 0.05) is 18.7 Å². The van der Waals surface area contributed by atoms with E-state index in [1.165, 1.54) is 12.1 Å². The largest absolute Gasteiger partial charge is 0.485 e. The molecule has 13 heteroatoms. The van der Waals surface area contributed by atoms with Crippen LogP contribution in [-0.4, -0.2) is 39.2 Å². The van der Waals surface area contributed by atoms with Gasteiger partial charge in [0.2, 0.25) is 5.13 Å². The molecule has 0 atom stereocenters. The van der Waals surface area contributed by atoms with Gasteiger partial charge in [0.05, 0.1) is 10.6 Å². The van der Waals surface area contributed by atoms with E-state index in [0.717, 1.165) is 28.5 Å². The van der Waals surface area contributed by atoms with Crippen LogP contribution in [0.25, 0.3) is 0 Å². The average molecular weight is 569 g/mol. The predicted octanol–water partition coefficient (Wildman–Crippen LogP) is 6.33. The van der Waals surface area contributed by atoms with Crippen molar-refractivity contribution in [1.29, 1.82) is 0 Å². The van der Waals surface area contributed by atoms with Crippen LogP contribution in [0.4, 0.5) is 23.1 Å². The van der Waals surface area contributed by atoms with Crippen LogP contribution in [0.15, 0.2) is 36.4 Å². The third-order valence-electron chi connectivity index (χ3n) is 5.44. The number of nitrogens with zero attached hydrogens (tertiary/aromatic N) is 3. The van der Waals surface area contributed by atoms with Crippen molar-refractivity contribution >= 4 is 40.1 Å². The molecule has 0 saturated carbocycles. The van der Waals surface area contributed by atoms with Gasteiger partial charge in [-0.2, -0.15) is 13.2 Å². The molecule has 4 rings (SSSR count). The van der Waals surface area contributed by atoms with Gasteiger partial charge in [-0.1, -0.05) is 35.1 Å². The Morgan fingerprint density at radius 1 is 1.13 bits per heavy atom. The first-order chi connectivity index (χ1) is 17.8. The van der Waals surface area contributed by atoms with Gasteiger partial charge in [0.25, 0.3) is 5.91 Å². The third kappa shape index (κ3) is 6.73. The molecule has 3 aromatic rings. The Labute approximate surface area is 225 Å². The maximum Gasteiger partial charge on any atom is 0.417 e. The van der Waals surface area contributed by atoms with E-state index in [9.17, 15) is 22.8 Å². The number of benzene rings is 2. The fraction of sp³-hybridized carbons (Fsp3) is 0.360. The number of hydrogen-bond acceptors (Lipinski definition) is 7. The lowest BCUT2D eigenvalue weighted by molar-refractivity contribution is -0.137. The van der Waals surface area contributed by atoms with Gasteiger partial charge in [-0.15, -0.1) is 10.2 Å². The van der Waals surface area contributed by atoms with E-state index in [0.29, 0.717) is 30.1 Å². The highest BCUT2D eigenvalue weighted by Crippen LogP contribution is 2.39. The number of amides is 2. The molecular weight excluding hydrogens is 545 g/mol. The molecule has 0 fully saturated rings. The zero-order valence-electron chi connectivity index (χ0n) is 20.7. The first kappa shape index (κ1) is 27.6. The average Bonchev–Trinajstić information content (AvgIpc) is 3.28. The minimum atomic E-state index is -4.61. The van der Waals surface area contributed by atoms with E-state index in [4.69, 9.17) is 21.1 Å². The van der Waals surface area contributed by atoms with Crippen molar-refractivity contribution in [3.63, 3.8) is 0 Å². The Kier molecular flexibility index (Phi) is 7.84. The Hall–Kier alpha value is -3.38. The number of carbonyl (C=O) groups excluding carboxylic acids is 2. The van der Waals surface area contributed by atoms with E-state index in [2.05, 4.69) is 15.5 Å². The molecule has 1 aliphatic heterocycles. The number of aromatic nitrogens is 2.